The van der Waals surface area contributed by atoms with Crippen LogP contribution >= 0.6 is 0 Å². The molecule has 1 aromatic heterocycles. The number of nitrogens with zero attached hydrogens (tertiary/aromatic N) is 2. The molecule has 6 nitrogen and oxygen atoms in total. The van der Waals surface area contributed by atoms with E-state index >= 15 is 0 Å². The predicted molar refractivity (Wildman–Crippen MR) is 82.4 cm³/mol. The zero-order valence-electron chi connectivity index (χ0n) is 12.9. The molecule has 122 valence electrons. The highest BCUT2D eigenvalue weighted by molar-refractivity contribution is 5.55. The van der Waals surface area contributed by atoms with E-state index in [1.807, 2.05) is 24.3 Å². The third-order valence-electron chi connectivity index (χ3n) is 4.28. The van der Waals surface area contributed by atoms with Crippen LogP contribution < -0.4 is 4.74 Å². The van der Waals surface area contributed by atoms with E-state index < -0.39 is 0 Å². The summed E-state index contributed by atoms with van der Waals surface area (Å²) in [6.07, 6.45) is 3.33. The summed E-state index contributed by atoms with van der Waals surface area (Å²) >= 11 is 0. The topological polar surface area (TPSA) is 66.6 Å². The van der Waals surface area contributed by atoms with Crippen LogP contribution in [0.2, 0.25) is 0 Å². The fourth-order valence-corrected chi connectivity index (χ4v) is 2.94. The molecular weight excluding hydrogens is 296 g/mol. The molecule has 6 heteroatoms. The quantitative estimate of drug-likeness (QED) is 0.845. The summed E-state index contributed by atoms with van der Waals surface area (Å²) in [7, 11) is 0. The van der Waals surface area contributed by atoms with Gasteiger partial charge in [-0.3, -0.25) is 0 Å². The smallest absolute Gasteiger partial charge is 0.258 e. The first-order valence-corrected chi connectivity index (χ1v) is 8.15. The number of rotatable bonds is 5. The second-order valence-electron chi connectivity index (χ2n) is 5.99. The maximum Gasteiger partial charge on any atom is 0.258 e. The maximum absolute atomic E-state index is 5.82. The van der Waals surface area contributed by atoms with E-state index in [-0.39, 0.29) is 12.0 Å². The van der Waals surface area contributed by atoms with Gasteiger partial charge in [0.2, 0.25) is 0 Å². The van der Waals surface area contributed by atoms with Crippen LogP contribution in [0.4, 0.5) is 0 Å². The van der Waals surface area contributed by atoms with Crippen molar-refractivity contribution in [1.29, 1.82) is 0 Å². The molecule has 0 amide bonds. The lowest BCUT2D eigenvalue weighted by atomic mass is 10.1. The Balaban J connectivity index is 1.44. The lowest BCUT2D eigenvalue weighted by Crippen LogP contribution is -2.16. The van der Waals surface area contributed by atoms with Crippen LogP contribution in [0.15, 0.2) is 28.8 Å². The number of hydrogen-bond acceptors (Lipinski definition) is 6. The molecular formula is C17H20N2O4. The zero-order valence-corrected chi connectivity index (χ0v) is 12.9. The zero-order chi connectivity index (χ0) is 15.5. The lowest BCUT2D eigenvalue weighted by molar-refractivity contribution is 0.0680. The molecule has 2 aliphatic rings. The average molecular weight is 316 g/mol. The molecule has 0 bridgehead atoms. The van der Waals surface area contributed by atoms with Crippen LogP contribution in [0.1, 0.15) is 31.0 Å². The summed E-state index contributed by atoms with van der Waals surface area (Å²) in [5.41, 5.74) is 0.868. The van der Waals surface area contributed by atoms with Crippen molar-refractivity contribution in [2.45, 2.75) is 31.3 Å². The van der Waals surface area contributed by atoms with Gasteiger partial charge in [0.1, 0.15) is 12.4 Å². The van der Waals surface area contributed by atoms with Gasteiger partial charge >= 0.3 is 0 Å². The van der Waals surface area contributed by atoms with E-state index in [1.54, 1.807) is 0 Å². The summed E-state index contributed by atoms with van der Waals surface area (Å²) in [5, 5.41) is 4.09. The van der Waals surface area contributed by atoms with E-state index in [1.165, 1.54) is 0 Å². The van der Waals surface area contributed by atoms with Crippen LogP contribution in [-0.4, -0.2) is 42.7 Å². The molecule has 3 heterocycles. The monoisotopic (exact) mass is 316 g/mol. The molecule has 1 aromatic carbocycles. The fraction of sp³-hybridized carbons (Fsp3) is 0.529. The molecule has 0 N–H and O–H groups in total. The van der Waals surface area contributed by atoms with Crippen LogP contribution in [-0.2, 0) is 9.47 Å². The van der Waals surface area contributed by atoms with E-state index in [2.05, 4.69) is 10.1 Å². The molecule has 0 radical (unpaired) electrons. The molecule has 2 aliphatic heterocycles. The number of ether oxygens (including phenoxy) is 3. The summed E-state index contributed by atoms with van der Waals surface area (Å²) in [6, 6.07) is 7.74. The molecule has 4 rings (SSSR count). The van der Waals surface area contributed by atoms with Gasteiger partial charge in [-0.2, -0.15) is 4.98 Å². The first-order valence-electron chi connectivity index (χ1n) is 8.15. The third kappa shape index (κ3) is 3.38. The van der Waals surface area contributed by atoms with Gasteiger partial charge in [0.05, 0.1) is 12.7 Å². The second-order valence-corrected chi connectivity index (χ2v) is 5.99. The Morgan fingerprint density at radius 3 is 3.04 bits per heavy atom. The van der Waals surface area contributed by atoms with Crippen molar-refractivity contribution in [2.24, 2.45) is 0 Å². The van der Waals surface area contributed by atoms with Crippen LogP contribution in [0, 0.1) is 0 Å². The lowest BCUT2D eigenvalue weighted by Gasteiger charge is -2.11. The summed E-state index contributed by atoms with van der Waals surface area (Å²) in [5.74, 6) is 2.28. The number of benzene rings is 1. The van der Waals surface area contributed by atoms with Gasteiger partial charge in [-0.05, 0) is 37.5 Å². The van der Waals surface area contributed by atoms with Crippen molar-refractivity contribution in [2.75, 3.05) is 26.4 Å². The average Bonchev–Trinajstić information content (AvgIpc) is 3.35. The largest absolute Gasteiger partial charge is 0.491 e. The minimum atomic E-state index is 0.205. The van der Waals surface area contributed by atoms with Gasteiger partial charge in [0.15, 0.2) is 5.82 Å². The van der Waals surface area contributed by atoms with Crippen molar-refractivity contribution in [3.05, 3.63) is 30.1 Å². The van der Waals surface area contributed by atoms with E-state index in [0.717, 1.165) is 49.6 Å². The Hall–Kier alpha value is -1.92. The Kier molecular flexibility index (Phi) is 4.26. The summed E-state index contributed by atoms with van der Waals surface area (Å²) in [6.45, 7) is 2.85. The van der Waals surface area contributed by atoms with Crippen molar-refractivity contribution in [1.82, 2.24) is 10.1 Å². The van der Waals surface area contributed by atoms with Gasteiger partial charge in [-0.1, -0.05) is 11.2 Å². The molecule has 2 atom stereocenters. The van der Waals surface area contributed by atoms with Crippen molar-refractivity contribution in [3.8, 4) is 17.2 Å². The van der Waals surface area contributed by atoms with Crippen molar-refractivity contribution >= 4 is 0 Å². The number of aromatic nitrogens is 2. The van der Waals surface area contributed by atoms with Gasteiger partial charge in [0, 0.05) is 24.7 Å². The SMILES string of the molecule is c1cc(OC[C@H]2CCCO2)cc(-c2nc([C@@H]3CCOC3)no2)c1. The molecule has 2 aromatic rings. The minimum absolute atomic E-state index is 0.205. The highest BCUT2D eigenvalue weighted by atomic mass is 16.5. The van der Waals surface area contributed by atoms with Crippen molar-refractivity contribution < 1.29 is 18.7 Å². The first kappa shape index (κ1) is 14.7. The first-order chi connectivity index (χ1) is 11.4. The molecule has 0 unspecified atom stereocenters. The van der Waals surface area contributed by atoms with Gasteiger partial charge in [0.25, 0.3) is 5.89 Å². The van der Waals surface area contributed by atoms with Crippen molar-refractivity contribution in [3.63, 3.8) is 0 Å². The Labute approximate surface area is 134 Å². The highest BCUT2D eigenvalue weighted by Crippen LogP contribution is 2.27. The molecule has 23 heavy (non-hydrogen) atoms. The maximum atomic E-state index is 5.82. The van der Waals surface area contributed by atoms with Crippen LogP contribution in [0.5, 0.6) is 5.75 Å². The molecule has 0 spiro atoms. The predicted octanol–water partition coefficient (Wildman–Crippen LogP) is 2.80. The molecule has 2 fully saturated rings. The van der Waals surface area contributed by atoms with Crippen LogP contribution in [0.3, 0.4) is 0 Å². The standard InChI is InChI=1S/C17H20N2O4/c1-3-12(9-14(4-1)22-11-15-5-2-7-21-15)17-18-16(19-23-17)13-6-8-20-10-13/h1,3-4,9,13,15H,2,5-8,10-11H2/t13-,15-/m1/s1. The molecule has 0 saturated carbocycles. The fourth-order valence-electron chi connectivity index (χ4n) is 2.94. The normalized spacial score (nSPS) is 24.2. The Bertz CT molecular complexity index is 646. The number of hydrogen-bond donors (Lipinski definition) is 0. The highest BCUT2D eigenvalue weighted by Gasteiger charge is 2.23. The Morgan fingerprint density at radius 2 is 2.22 bits per heavy atom. The van der Waals surface area contributed by atoms with E-state index in [0.29, 0.717) is 19.1 Å². The van der Waals surface area contributed by atoms with E-state index in [9.17, 15) is 0 Å². The summed E-state index contributed by atoms with van der Waals surface area (Å²) in [4.78, 5) is 4.50. The minimum Gasteiger partial charge on any atom is -0.491 e. The summed E-state index contributed by atoms with van der Waals surface area (Å²) < 4.78 is 22.2. The second kappa shape index (κ2) is 6.68. The van der Waals surface area contributed by atoms with Gasteiger partial charge < -0.3 is 18.7 Å². The Morgan fingerprint density at radius 1 is 1.22 bits per heavy atom. The third-order valence-corrected chi connectivity index (χ3v) is 4.28. The van der Waals surface area contributed by atoms with Gasteiger partial charge in [-0.15, -0.1) is 0 Å². The van der Waals surface area contributed by atoms with Crippen LogP contribution in [0.25, 0.3) is 11.5 Å². The van der Waals surface area contributed by atoms with E-state index in [4.69, 9.17) is 18.7 Å². The van der Waals surface area contributed by atoms with Gasteiger partial charge in [-0.25, -0.2) is 0 Å². The molecule has 2 saturated heterocycles. The molecule has 0 aliphatic carbocycles.